The Morgan fingerprint density at radius 3 is 2.76 bits per heavy atom. The number of hydrogen-bond donors (Lipinski definition) is 2. The van der Waals surface area contributed by atoms with Gasteiger partial charge in [-0.3, -0.25) is 9.69 Å². The van der Waals surface area contributed by atoms with Crippen LogP contribution < -0.4 is 11.1 Å². The molecule has 1 aromatic carbocycles. The number of benzene rings is 1. The maximum Gasteiger partial charge on any atom is 0.241 e. The molecule has 0 radical (unpaired) electrons. The van der Waals surface area contributed by atoms with Crippen LogP contribution in [-0.4, -0.2) is 29.4 Å². The van der Waals surface area contributed by atoms with Gasteiger partial charge in [-0.05, 0) is 50.4 Å². The van der Waals surface area contributed by atoms with Crippen LogP contribution in [0.15, 0.2) is 18.2 Å². The van der Waals surface area contributed by atoms with Crippen LogP contribution in [0.1, 0.15) is 33.6 Å². The van der Waals surface area contributed by atoms with Crippen molar-refractivity contribution in [2.45, 2.75) is 45.7 Å². The molecule has 21 heavy (non-hydrogen) atoms. The normalized spacial score (nSPS) is 20.7. The van der Waals surface area contributed by atoms with Gasteiger partial charge >= 0.3 is 0 Å². The Morgan fingerprint density at radius 1 is 1.43 bits per heavy atom. The van der Waals surface area contributed by atoms with Crippen molar-refractivity contribution < 1.29 is 9.18 Å². The van der Waals surface area contributed by atoms with Crippen molar-refractivity contribution in [3.63, 3.8) is 0 Å². The molecule has 5 heteroatoms. The predicted molar refractivity (Wildman–Crippen MR) is 83.5 cm³/mol. The monoisotopic (exact) mass is 293 g/mol. The van der Waals surface area contributed by atoms with E-state index in [0.29, 0.717) is 17.6 Å². The van der Waals surface area contributed by atoms with Gasteiger partial charge in [0.1, 0.15) is 5.82 Å². The zero-order valence-corrected chi connectivity index (χ0v) is 12.9. The van der Waals surface area contributed by atoms with Gasteiger partial charge in [-0.1, -0.05) is 13.8 Å². The second kappa shape index (κ2) is 6.43. The average Bonchev–Trinajstić information content (AvgIpc) is 2.91. The smallest absolute Gasteiger partial charge is 0.241 e. The van der Waals surface area contributed by atoms with Crippen LogP contribution >= 0.6 is 0 Å². The third-order valence-electron chi connectivity index (χ3n) is 4.25. The van der Waals surface area contributed by atoms with Crippen molar-refractivity contribution in [2.24, 2.45) is 5.92 Å². The van der Waals surface area contributed by atoms with Gasteiger partial charge in [-0.2, -0.15) is 0 Å². The van der Waals surface area contributed by atoms with Crippen molar-refractivity contribution in [2.75, 3.05) is 17.6 Å². The second-order valence-corrected chi connectivity index (χ2v) is 6.09. The summed E-state index contributed by atoms with van der Waals surface area (Å²) in [5, 5.41) is 2.82. The average molecular weight is 293 g/mol. The molecule has 0 aliphatic carbocycles. The zero-order valence-electron chi connectivity index (χ0n) is 12.9. The van der Waals surface area contributed by atoms with Crippen molar-refractivity contribution in [3.8, 4) is 0 Å². The minimum atomic E-state index is -0.472. The predicted octanol–water partition coefficient (Wildman–Crippen LogP) is 2.86. The summed E-state index contributed by atoms with van der Waals surface area (Å²) in [4.78, 5) is 14.6. The molecule has 0 spiro atoms. The van der Waals surface area contributed by atoms with Gasteiger partial charge in [0.05, 0.1) is 11.7 Å². The molecule has 2 rings (SSSR count). The first-order chi connectivity index (χ1) is 9.90. The third-order valence-corrected chi connectivity index (χ3v) is 4.25. The number of anilines is 2. The minimum Gasteiger partial charge on any atom is -0.396 e. The Balaban J connectivity index is 2.03. The Bertz CT molecular complexity index is 518. The largest absolute Gasteiger partial charge is 0.396 e. The maximum absolute atomic E-state index is 13.1. The fraction of sp³-hybridized carbons (Fsp3) is 0.562. The highest BCUT2D eigenvalue weighted by Gasteiger charge is 2.33. The number of carbonyl (C=O) groups is 1. The molecule has 4 nitrogen and oxygen atoms in total. The molecular formula is C16H24FN3O. The van der Waals surface area contributed by atoms with E-state index in [4.69, 9.17) is 5.73 Å². The molecule has 1 aliphatic heterocycles. The molecule has 1 heterocycles. The minimum absolute atomic E-state index is 0.0432. The Labute approximate surface area is 125 Å². The van der Waals surface area contributed by atoms with E-state index in [1.165, 1.54) is 18.2 Å². The van der Waals surface area contributed by atoms with Gasteiger partial charge in [0.15, 0.2) is 0 Å². The second-order valence-electron chi connectivity index (χ2n) is 6.09. The van der Waals surface area contributed by atoms with E-state index in [0.717, 1.165) is 19.4 Å². The number of halogens is 1. The maximum atomic E-state index is 13.1. The Kier molecular flexibility index (Phi) is 4.83. The van der Waals surface area contributed by atoms with Crippen molar-refractivity contribution in [1.82, 2.24) is 4.90 Å². The number of amides is 1. The van der Waals surface area contributed by atoms with Crippen LogP contribution in [-0.2, 0) is 4.79 Å². The summed E-state index contributed by atoms with van der Waals surface area (Å²) in [7, 11) is 0. The summed E-state index contributed by atoms with van der Waals surface area (Å²) >= 11 is 0. The van der Waals surface area contributed by atoms with E-state index in [2.05, 4.69) is 24.1 Å². The Hall–Kier alpha value is -1.62. The molecular weight excluding hydrogens is 269 g/mol. The molecule has 1 saturated heterocycles. The molecule has 0 aromatic heterocycles. The number of carbonyl (C=O) groups excluding carboxylic acids is 1. The number of nitrogens with one attached hydrogen (secondary N) is 1. The molecule has 2 unspecified atom stereocenters. The summed E-state index contributed by atoms with van der Waals surface area (Å²) < 4.78 is 13.1. The van der Waals surface area contributed by atoms with Gasteiger partial charge in [-0.25, -0.2) is 4.39 Å². The van der Waals surface area contributed by atoms with E-state index < -0.39 is 5.82 Å². The summed E-state index contributed by atoms with van der Waals surface area (Å²) in [6.07, 6.45) is 2.27. The van der Waals surface area contributed by atoms with E-state index in [1.807, 2.05) is 6.92 Å². The van der Waals surface area contributed by atoms with Crippen LogP contribution in [0.4, 0.5) is 15.8 Å². The summed E-state index contributed by atoms with van der Waals surface area (Å²) in [6.45, 7) is 7.24. The van der Waals surface area contributed by atoms with Crippen LogP contribution in [0.5, 0.6) is 0 Å². The van der Waals surface area contributed by atoms with Crippen LogP contribution in [0.25, 0.3) is 0 Å². The van der Waals surface area contributed by atoms with Crippen LogP contribution in [0.2, 0.25) is 0 Å². The van der Waals surface area contributed by atoms with Crippen molar-refractivity contribution in [3.05, 3.63) is 24.0 Å². The topological polar surface area (TPSA) is 58.4 Å². The first-order valence-electron chi connectivity index (χ1n) is 7.51. The number of nitrogens with zero attached hydrogens (tertiary/aromatic N) is 1. The van der Waals surface area contributed by atoms with Crippen molar-refractivity contribution >= 4 is 17.3 Å². The van der Waals surface area contributed by atoms with Gasteiger partial charge < -0.3 is 11.1 Å². The summed E-state index contributed by atoms with van der Waals surface area (Å²) in [6, 6.07) is 4.49. The number of hydrogen-bond acceptors (Lipinski definition) is 3. The lowest BCUT2D eigenvalue weighted by molar-refractivity contribution is -0.121. The van der Waals surface area contributed by atoms with Crippen LogP contribution in [0.3, 0.4) is 0 Å². The first-order valence-corrected chi connectivity index (χ1v) is 7.51. The lowest BCUT2D eigenvalue weighted by Gasteiger charge is -2.32. The Morgan fingerprint density at radius 2 is 2.14 bits per heavy atom. The summed E-state index contributed by atoms with van der Waals surface area (Å²) in [5.41, 5.74) is 6.10. The molecule has 0 saturated carbocycles. The van der Waals surface area contributed by atoms with Crippen LogP contribution in [0, 0.1) is 11.7 Å². The highest BCUT2D eigenvalue weighted by atomic mass is 19.1. The molecule has 2 atom stereocenters. The van der Waals surface area contributed by atoms with E-state index in [9.17, 15) is 9.18 Å². The van der Waals surface area contributed by atoms with Gasteiger partial charge in [0, 0.05) is 11.7 Å². The lowest BCUT2D eigenvalue weighted by Crippen LogP contribution is -2.46. The van der Waals surface area contributed by atoms with Gasteiger partial charge in [-0.15, -0.1) is 0 Å². The fourth-order valence-electron chi connectivity index (χ4n) is 3.03. The molecule has 0 bridgehead atoms. The quantitative estimate of drug-likeness (QED) is 0.839. The van der Waals surface area contributed by atoms with E-state index in [1.54, 1.807) is 0 Å². The molecule has 1 aliphatic rings. The molecule has 3 N–H and O–H groups in total. The summed E-state index contributed by atoms with van der Waals surface area (Å²) in [5.74, 6) is -0.0155. The highest BCUT2D eigenvalue weighted by Crippen LogP contribution is 2.26. The van der Waals surface area contributed by atoms with E-state index >= 15 is 0 Å². The molecule has 116 valence electrons. The number of likely N-dealkylation sites (tertiary alicyclic amines) is 1. The number of rotatable bonds is 4. The molecule has 1 aromatic rings. The SMILES string of the molecule is CC(C)C1CCCN1C(C)C(=O)Nc1ccc(F)c(N)c1. The zero-order chi connectivity index (χ0) is 15.6. The molecule has 1 fully saturated rings. The lowest BCUT2D eigenvalue weighted by atomic mass is 10.0. The third kappa shape index (κ3) is 3.53. The number of nitrogens with two attached hydrogens (primary N) is 1. The van der Waals surface area contributed by atoms with Crippen molar-refractivity contribution in [1.29, 1.82) is 0 Å². The van der Waals surface area contributed by atoms with E-state index in [-0.39, 0.29) is 17.6 Å². The fourth-order valence-corrected chi connectivity index (χ4v) is 3.03. The van der Waals surface area contributed by atoms with Gasteiger partial charge in [0.2, 0.25) is 5.91 Å². The molecule has 1 amide bonds. The number of nitrogen functional groups attached to an aromatic ring is 1. The highest BCUT2D eigenvalue weighted by molar-refractivity contribution is 5.95. The standard InChI is InChI=1S/C16H24FN3O/c1-10(2)15-5-4-8-20(15)11(3)16(21)19-12-6-7-13(17)14(18)9-12/h6-7,9-11,15H,4-5,8,18H2,1-3H3,(H,19,21). The van der Waals surface area contributed by atoms with Gasteiger partial charge in [0.25, 0.3) is 0 Å². The first kappa shape index (κ1) is 15.8.